The molecule has 0 atom stereocenters. The van der Waals surface area contributed by atoms with Crippen LogP contribution >= 0.6 is 11.3 Å². The summed E-state index contributed by atoms with van der Waals surface area (Å²) in [5, 5.41) is 16.8. The third-order valence-corrected chi connectivity index (χ3v) is 6.75. The predicted octanol–water partition coefficient (Wildman–Crippen LogP) is 3.87. The number of hydrogen-bond acceptors (Lipinski definition) is 5. The van der Waals surface area contributed by atoms with Crippen LogP contribution < -0.4 is 15.5 Å². The van der Waals surface area contributed by atoms with Crippen LogP contribution in [0.5, 0.6) is 0 Å². The van der Waals surface area contributed by atoms with Crippen LogP contribution in [0, 0.1) is 5.82 Å². The van der Waals surface area contributed by atoms with Crippen LogP contribution in [0.3, 0.4) is 0 Å². The molecule has 156 valence electrons. The second kappa shape index (κ2) is 9.52. The van der Waals surface area contributed by atoms with Crippen LogP contribution in [-0.2, 0) is 6.42 Å². The quantitative estimate of drug-likeness (QED) is 0.775. The van der Waals surface area contributed by atoms with E-state index in [0.29, 0.717) is 12.5 Å². The van der Waals surface area contributed by atoms with Gasteiger partial charge in [0, 0.05) is 31.6 Å². The maximum atomic E-state index is 13.0. The van der Waals surface area contributed by atoms with Gasteiger partial charge in [0.15, 0.2) is 0 Å². The van der Waals surface area contributed by atoms with E-state index in [1.165, 1.54) is 31.4 Å². The van der Waals surface area contributed by atoms with Gasteiger partial charge in [-0.2, -0.15) is 0 Å². The van der Waals surface area contributed by atoms with Gasteiger partial charge in [0.1, 0.15) is 10.8 Å². The van der Waals surface area contributed by atoms with Crippen molar-refractivity contribution in [1.29, 1.82) is 0 Å². The van der Waals surface area contributed by atoms with E-state index in [9.17, 15) is 9.18 Å². The van der Waals surface area contributed by atoms with Crippen molar-refractivity contribution >= 4 is 22.5 Å². The van der Waals surface area contributed by atoms with Crippen LogP contribution in [0.25, 0.3) is 0 Å². The van der Waals surface area contributed by atoms with Crippen LogP contribution in [0.4, 0.5) is 14.3 Å². The number of carbonyl (C=O) groups is 1. The molecule has 1 aromatic carbocycles. The molecular weight excluding hydrogens is 389 g/mol. The van der Waals surface area contributed by atoms with Gasteiger partial charge in [0.05, 0.1) is 0 Å². The lowest BCUT2D eigenvalue weighted by atomic mass is 9.96. The zero-order valence-corrected chi connectivity index (χ0v) is 17.4. The first-order valence-corrected chi connectivity index (χ1v) is 11.4. The van der Waals surface area contributed by atoms with Crippen molar-refractivity contribution in [3.63, 3.8) is 0 Å². The largest absolute Gasteiger partial charge is 0.347 e. The van der Waals surface area contributed by atoms with E-state index in [0.717, 1.165) is 54.5 Å². The minimum Gasteiger partial charge on any atom is -0.347 e. The Labute approximate surface area is 174 Å². The Kier molecular flexibility index (Phi) is 6.59. The Morgan fingerprint density at radius 2 is 1.66 bits per heavy atom. The Morgan fingerprint density at radius 3 is 2.34 bits per heavy atom. The number of hydrogen-bond donors (Lipinski definition) is 2. The van der Waals surface area contributed by atoms with Crippen LogP contribution in [0.15, 0.2) is 24.3 Å². The first-order chi connectivity index (χ1) is 14.2. The number of benzene rings is 1. The van der Waals surface area contributed by atoms with Gasteiger partial charge in [-0.25, -0.2) is 9.18 Å². The van der Waals surface area contributed by atoms with Crippen molar-refractivity contribution in [1.82, 2.24) is 20.8 Å². The molecule has 8 heteroatoms. The van der Waals surface area contributed by atoms with E-state index in [1.807, 2.05) is 0 Å². The van der Waals surface area contributed by atoms with E-state index in [2.05, 4.69) is 25.7 Å². The van der Waals surface area contributed by atoms with E-state index >= 15 is 0 Å². The number of carbonyl (C=O) groups excluding carboxylic acids is 1. The van der Waals surface area contributed by atoms with Crippen molar-refractivity contribution in [2.75, 3.05) is 18.0 Å². The van der Waals surface area contributed by atoms with Gasteiger partial charge >= 0.3 is 6.03 Å². The molecule has 1 aliphatic heterocycles. The first-order valence-electron chi connectivity index (χ1n) is 10.5. The molecule has 0 unspecified atom stereocenters. The zero-order valence-electron chi connectivity index (χ0n) is 16.6. The van der Waals surface area contributed by atoms with E-state index in [4.69, 9.17) is 0 Å². The second-order valence-corrected chi connectivity index (χ2v) is 9.04. The molecule has 0 bridgehead atoms. The molecule has 1 aliphatic carbocycles. The molecule has 1 saturated carbocycles. The molecule has 29 heavy (non-hydrogen) atoms. The summed E-state index contributed by atoms with van der Waals surface area (Å²) >= 11 is 1.59. The molecule has 0 radical (unpaired) electrons. The third kappa shape index (κ3) is 5.65. The predicted molar refractivity (Wildman–Crippen MR) is 113 cm³/mol. The lowest BCUT2D eigenvalue weighted by Gasteiger charge is -2.32. The van der Waals surface area contributed by atoms with Crippen LogP contribution in [0.2, 0.25) is 0 Å². The number of anilines is 1. The zero-order chi connectivity index (χ0) is 20.1. The summed E-state index contributed by atoms with van der Waals surface area (Å²) in [6, 6.07) is 7.04. The van der Waals surface area contributed by atoms with Crippen molar-refractivity contribution in [2.24, 2.45) is 0 Å². The minimum atomic E-state index is -0.226. The van der Waals surface area contributed by atoms with Gasteiger partial charge < -0.3 is 15.5 Å². The normalized spacial score (nSPS) is 18.6. The molecule has 1 saturated heterocycles. The maximum Gasteiger partial charge on any atom is 0.315 e. The van der Waals surface area contributed by atoms with Crippen molar-refractivity contribution in [2.45, 2.75) is 63.5 Å². The van der Waals surface area contributed by atoms with Gasteiger partial charge in [-0.15, -0.1) is 10.2 Å². The number of nitrogens with one attached hydrogen (secondary N) is 2. The summed E-state index contributed by atoms with van der Waals surface area (Å²) in [5.41, 5.74) is 1.03. The number of piperidine rings is 1. The van der Waals surface area contributed by atoms with E-state index in [-0.39, 0.29) is 17.9 Å². The summed E-state index contributed by atoms with van der Waals surface area (Å²) in [4.78, 5) is 14.5. The van der Waals surface area contributed by atoms with Gasteiger partial charge in [-0.3, -0.25) is 0 Å². The Morgan fingerprint density at radius 1 is 1.00 bits per heavy atom. The molecule has 2 fully saturated rings. The lowest BCUT2D eigenvalue weighted by Crippen LogP contribution is -2.50. The average Bonchev–Trinajstić information content (AvgIpc) is 3.19. The molecule has 2 heterocycles. The third-order valence-electron chi connectivity index (χ3n) is 5.77. The number of halogens is 1. The van der Waals surface area contributed by atoms with Crippen molar-refractivity contribution < 1.29 is 9.18 Å². The van der Waals surface area contributed by atoms with Gasteiger partial charge in [-0.1, -0.05) is 42.7 Å². The monoisotopic (exact) mass is 417 g/mol. The van der Waals surface area contributed by atoms with Crippen molar-refractivity contribution in [3.05, 3.63) is 40.7 Å². The molecule has 4 rings (SSSR count). The highest BCUT2D eigenvalue weighted by Crippen LogP contribution is 2.25. The van der Waals surface area contributed by atoms with Gasteiger partial charge in [0.2, 0.25) is 5.13 Å². The highest BCUT2D eigenvalue weighted by molar-refractivity contribution is 7.15. The molecule has 0 spiro atoms. The van der Waals surface area contributed by atoms with E-state index in [1.54, 1.807) is 23.5 Å². The Hall–Kier alpha value is -2.22. The summed E-state index contributed by atoms with van der Waals surface area (Å²) in [7, 11) is 0. The van der Waals surface area contributed by atoms with Crippen LogP contribution in [-0.4, -0.2) is 41.4 Å². The molecule has 2 N–H and O–H groups in total. The topological polar surface area (TPSA) is 70.2 Å². The first kappa shape index (κ1) is 20.1. The minimum absolute atomic E-state index is 0.0205. The number of nitrogens with zero attached hydrogens (tertiary/aromatic N) is 3. The summed E-state index contributed by atoms with van der Waals surface area (Å²) in [6.45, 7) is 1.72. The standard InChI is InChI=1S/C21H28FN5OS/c22-16-8-6-15(7-9-16)14-19-25-26-21(29-19)27-12-10-18(11-13-27)24-20(28)23-17-4-2-1-3-5-17/h6-9,17-18H,1-5,10-14H2,(H2,23,24,28). The number of urea groups is 1. The highest BCUT2D eigenvalue weighted by Gasteiger charge is 2.24. The summed E-state index contributed by atoms with van der Waals surface area (Å²) < 4.78 is 13.0. The fourth-order valence-electron chi connectivity index (χ4n) is 4.10. The number of rotatable bonds is 5. The van der Waals surface area contributed by atoms with Gasteiger partial charge in [0.25, 0.3) is 0 Å². The number of amides is 2. The van der Waals surface area contributed by atoms with E-state index < -0.39 is 0 Å². The Balaban J connectivity index is 1.22. The van der Waals surface area contributed by atoms with Crippen molar-refractivity contribution in [3.8, 4) is 0 Å². The molecule has 2 amide bonds. The number of aromatic nitrogens is 2. The summed E-state index contributed by atoms with van der Waals surface area (Å²) in [6.07, 6.45) is 8.40. The molecule has 2 aromatic rings. The molecule has 2 aliphatic rings. The van der Waals surface area contributed by atoms with Gasteiger partial charge in [-0.05, 0) is 43.4 Å². The second-order valence-electron chi connectivity index (χ2n) is 8.00. The fraction of sp³-hybridized carbons (Fsp3) is 0.571. The molecule has 6 nitrogen and oxygen atoms in total. The van der Waals surface area contributed by atoms with Crippen LogP contribution in [0.1, 0.15) is 55.5 Å². The SMILES string of the molecule is O=C(NC1CCCCC1)NC1CCN(c2nnc(Cc3ccc(F)cc3)s2)CC1. The molecule has 1 aromatic heterocycles. The maximum absolute atomic E-state index is 13.0. The lowest BCUT2D eigenvalue weighted by molar-refractivity contribution is 0.226. The smallest absolute Gasteiger partial charge is 0.315 e. The molecular formula is C21H28FN5OS. The average molecular weight is 418 g/mol. The Bertz CT molecular complexity index is 798. The summed E-state index contributed by atoms with van der Waals surface area (Å²) in [5.74, 6) is -0.226. The highest BCUT2D eigenvalue weighted by atomic mass is 32.1. The fourth-order valence-corrected chi connectivity index (χ4v) is 5.02.